The molecular formula is C19H16N2O5. The van der Waals surface area contributed by atoms with Crippen LogP contribution in [0.15, 0.2) is 57.8 Å². The second-order valence-corrected chi connectivity index (χ2v) is 5.86. The number of hydrogen-bond acceptors (Lipinski definition) is 6. The van der Waals surface area contributed by atoms with Gasteiger partial charge in [0.15, 0.2) is 23.1 Å². The van der Waals surface area contributed by atoms with Crippen LogP contribution in [-0.4, -0.2) is 28.7 Å². The zero-order valence-electron chi connectivity index (χ0n) is 13.9. The fourth-order valence-electron chi connectivity index (χ4n) is 2.77. The molecule has 1 aromatic heterocycles. The van der Waals surface area contributed by atoms with Crippen molar-refractivity contribution in [3.8, 4) is 22.9 Å². The topological polar surface area (TPSA) is 83.6 Å². The van der Waals surface area contributed by atoms with Crippen molar-refractivity contribution in [3.63, 3.8) is 0 Å². The summed E-state index contributed by atoms with van der Waals surface area (Å²) in [7, 11) is 0. The number of ketones is 1. The van der Waals surface area contributed by atoms with Crippen LogP contribution in [-0.2, 0) is 6.54 Å². The molecule has 7 nitrogen and oxygen atoms in total. The van der Waals surface area contributed by atoms with Crippen molar-refractivity contribution in [3.05, 3.63) is 64.6 Å². The van der Waals surface area contributed by atoms with Gasteiger partial charge in [0.1, 0.15) is 0 Å². The summed E-state index contributed by atoms with van der Waals surface area (Å²) in [5.41, 5.74) is 1.13. The third-order valence-electron chi connectivity index (χ3n) is 4.09. The van der Waals surface area contributed by atoms with Crippen molar-refractivity contribution in [1.29, 1.82) is 0 Å². The van der Waals surface area contributed by atoms with Crippen LogP contribution in [0.1, 0.15) is 16.8 Å². The van der Waals surface area contributed by atoms with E-state index in [-0.39, 0.29) is 12.3 Å². The minimum absolute atomic E-state index is 0.174. The van der Waals surface area contributed by atoms with Crippen LogP contribution >= 0.6 is 0 Å². The summed E-state index contributed by atoms with van der Waals surface area (Å²) < 4.78 is 17.2. The van der Waals surface area contributed by atoms with Gasteiger partial charge in [0.2, 0.25) is 0 Å². The van der Waals surface area contributed by atoms with Gasteiger partial charge in [0, 0.05) is 17.5 Å². The number of hydrogen-bond donors (Lipinski definition) is 0. The smallest absolute Gasteiger partial charge is 0.442 e. The first-order chi connectivity index (χ1) is 12.7. The number of benzene rings is 2. The monoisotopic (exact) mass is 352 g/mol. The zero-order chi connectivity index (χ0) is 17.9. The van der Waals surface area contributed by atoms with Gasteiger partial charge in [-0.15, -0.1) is 0 Å². The standard InChI is InChI=1S/C19H16N2O5/c22-15(14-7-8-16-17(11-14)25-10-4-9-24-16)12-21-18(20-26-19(21)23)13-5-2-1-3-6-13/h1-3,5-8,11H,4,9-10,12H2. The van der Waals surface area contributed by atoms with Crippen LogP contribution in [0.2, 0.25) is 0 Å². The van der Waals surface area contributed by atoms with E-state index in [2.05, 4.69) is 5.16 Å². The van der Waals surface area contributed by atoms with Crippen molar-refractivity contribution >= 4 is 5.78 Å². The van der Waals surface area contributed by atoms with E-state index in [4.69, 9.17) is 14.0 Å². The first kappa shape index (κ1) is 16.1. The number of aromatic nitrogens is 2. The molecule has 0 aliphatic carbocycles. The maximum absolute atomic E-state index is 12.7. The lowest BCUT2D eigenvalue weighted by Crippen LogP contribution is -2.21. The molecule has 1 aliphatic heterocycles. The quantitative estimate of drug-likeness (QED) is 0.671. The molecule has 7 heteroatoms. The number of ether oxygens (including phenoxy) is 2. The fraction of sp³-hybridized carbons (Fsp3) is 0.211. The first-order valence-corrected chi connectivity index (χ1v) is 8.27. The van der Waals surface area contributed by atoms with Gasteiger partial charge in [-0.25, -0.2) is 9.36 Å². The second kappa shape index (κ2) is 6.87. The summed E-state index contributed by atoms with van der Waals surface area (Å²) in [6.45, 7) is 0.941. The van der Waals surface area contributed by atoms with Gasteiger partial charge >= 0.3 is 5.76 Å². The van der Waals surface area contributed by atoms with Crippen LogP contribution in [0.5, 0.6) is 11.5 Å². The molecule has 4 rings (SSSR count). The van der Waals surface area contributed by atoms with E-state index in [9.17, 15) is 9.59 Å². The number of carbonyl (C=O) groups is 1. The number of fused-ring (bicyclic) bond motifs is 1. The van der Waals surface area contributed by atoms with E-state index < -0.39 is 5.76 Å². The minimum atomic E-state index is -0.674. The Morgan fingerprint density at radius 2 is 1.81 bits per heavy atom. The van der Waals surface area contributed by atoms with Crippen LogP contribution in [0.3, 0.4) is 0 Å². The van der Waals surface area contributed by atoms with Crippen LogP contribution in [0.4, 0.5) is 0 Å². The van der Waals surface area contributed by atoms with Gasteiger partial charge in [-0.3, -0.25) is 9.32 Å². The van der Waals surface area contributed by atoms with Crippen molar-refractivity contribution in [1.82, 2.24) is 9.72 Å². The van der Waals surface area contributed by atoms with Crippen LogP contribution in [0, 0.1) is 0 Å². The molecule has 2 aromatic carbocycles. The van der Waals surface area contributed by atoms with Crippen molar-refractivity contribution in [2.45, 2.75) is 13.0 Å². The Labute approximate surface area is 148 Å². The predicted molar refractivity (Wildman–Crippen MR) is 92.6 cm³/mol. The highest BCUT2D eigenvalue weighted by Gasteiger charge is 2.19. The van der Waals surface area contributed by atoms with Crippen molar-refractivity contribution < 1.29 is 18.8 Å². The molecule has 1 aliphatic rings. The molecule has 26 heavy (non-hydrogen) atoms. The molecule has 0 spiro atoms. The molecule has 2 heterocycles. The largest absolute Gasteiger partial charge is 0.490 e. The predicted octanol–water partition coefficient (Wildman–Crippen LogP) is 2.55. The Bertz CT molecular complexity index is 991. The highest BCUT2D eigenvalue weighted by molar-refractivity contribution is 5.96. The Morgan fingerprint density at radius 3 is 2.62 bits per heavy atom. The number of Topliss-reactive ketones (excluding diaryl/α,β-unsaturated/α-hetero) is 1. The molecular weight excluding hydrogens is 336 g/mol. The SMILES string of the molecule is O=C(Cn1c(-c2ccccc2)noc1=O)c1ccc2c(c1)OCCCO2. The number of nitrogens with zero attached hydrogens (tertiary/aromatic N) is 2. The lowest BCUT2D eigenvalue weighted by molar-refractivity contribution is 0.0969. The molecule has 0 saturated carbocycles. The first-order valence-electron chi connectivity index (χ1n) is 8.27. The molecule has 0 atom stereocenters. The van der Waals surface area contributed by atoms with Crippen LogP contribution < -0.4 is 15.2 Å². The van der Waals surface area contributed by atoms with E-state index in [1.54, 1.807) is 30.3 Å². The second-order valence-electron chi connectivity index (χ2n) is 5.86. The minimum Gasteiger partial charge on any atom is -0.490 e. The number of rotatable bonds is 4. The molecule has 0 amide bonds. The average Bonchev–Trinajstić information content (AvgIpc) is 2.89. The molecule has 0 radical (unpaired) electrons. The van der Waals surface area contributed by atoms with Crippen molar-refractivity contribution in [2.75, 3.05) is 13.2 Å². The van der Waals surface area contributed by atoms with E-state index in [1.807, 2.05) is 18.2 Å². The van der Waals surface area contributed by atoms with Gasteiger partial charge in [0.25, 0.3) is 0 Å². The van der Waals surface area contributed by atoms with Gasteiger partial charge in [-0.1, -0.05) is 35.5 Å². The molecule has 0 N–H and O–H groups in total. The van der Waals surface area contributed by atoms with E-state index in [0.717, 1.165) is 6.42 Å². The number of carbonyl (C=O) groups excluding carboxylic acids is 1. The van der Waals surface area contributed by atoms with Crippen molar-refractivity contribution in [2.24, 2.45) is 0 Å². The summed E-state index contributed by atoms with van der Waals surface area (Å²) in [4.78, 5) is 24.7. The summed E-state index contributed by atoms with van der Waals surface area (Å²) in [6, 6.07) is 14.1. The Hall–Kier alpha value is -3.35. The molecule has 0 bridgehead atoms. The molecule has 0 fully saturated rings. The van der Waals surface area contributed by atoms with Gasteiger partial charge < -0.3 is 9.47 Å². The highest BCUT2D eigenvalue weighted by Crippen LogP contribution is 2.30. The fourth-order valence-corrected chi connectivity index (χ4v) is 2.77. The van der Waals surface area contributed by atoms with Gasteiger partial charge in [-0.2, -0.15) is 0 Å². The molecule has 3 aromatic rings. The third-order valence-corrected chi connectivity index (χ3v) is 4.09. The van der Waals surface area contributed by atoms with E-state index in [0.29, 0.717) is 41.7 Å². The molecule has 0 saturated heterocycles. The Kier molecular flexibility index (Phi) is 4.27. The summed E-state index contributed by atoms with van der Waals surface area (Å²) in [5.74, 6) is 0.549. The summed E-state index contributed by atoms with van der Waals surface area (Å²) in [5, 5.41) is 3.79. The molecule has 0 unspecified atom stereocenters. The lowest BCUT2D eigenvalue weighted by atomic mass is 10.1. The highest BCUT2D eigenvalue weighted by atomic mass is 16.5. The normalized spacial score (nSPS) is 13.2. The molecule has 132 valence electrons. The van der Waals surface area contributed by atoms with E-state index >= 15 is 0 Å². The third kappa shape index (κ3) is 3.11. The van der Waals surface area contributed by atoms with Gasteiger partial charge in [-0.05, 0) is 18.2 Å². The van der Waals surface area contributed by atoms with E-state index in [1.165, 1.54) is 4.57 Å². The summed E-state index contributed by atoms with van der Waals surface area (Å²) >= 11 is 0. The maximum Gasteiger partial charge on any atom is 0.442 e. The lowest BCUT2D eigenvalue weighted by Gasteiger charge is -2.09. The van der Waals surface area contributed by atoms with Crippen LogP contribution in [0.25, 0.3) is 11.4 Å². The Morgan fingerprint density at radius 1 is 1.04 bits per heavy atom. The summed E-state index contributed by atoms with van der Waals surface area (Å²) in [6.07, 6.45) is 0.786. The Balaban J connectivity index is 1.63. The zero-order valence-corrected chi connectivity index (χ0v) is 13.9. The van der Waals surface area contributed by atoms with Gasteiger partial charge in [0.05, 0.1) is 19.8 Å². The maximum atomic E-state index is 12.7. The average molecular weight is 352 g/mol.